The van der Waals surface area contributed by atoms with Crippen LogP contribution in [-0.2, 0) is 52.1 Å². The number of nitrogens with zero attached hydrogens (tertiary/aromatic N) is 2. The fourth-order valence-corrected chi connectivity index (χ4v) is 4.96. The van der Waals surface area contributed by atoms with Crippen molar-refractivity contribution in [2.75, 3.05) is 0 Å². The molecule has 2 N–H and O–H groups in total. The minimum atomic E-state index is -1.08. The van der Waals surface area contributed by atoms with Crippen molar-refractivity contribution in [3.63, 3.8) is 0 Å². The molecule has 0 amide bonds. The normalized spacial score (nSPS) is 16.0. The van der Waals surface area contributed by atoms with Crippen molar-refractivity contribution in [1.82, 2.24) is 0 Å². The van der Waals surface area contributed by atoms with Crippen LogP contribution >= 0.6 is 0 Å². The third kappa shape index (κ3) is 15.2. The molecule has 3 rings (SSSR count). The molecule has 0 aromatic heterocycles. The minimum Gasteiger partial charge on any atom is -0.550 e. The minimum absolute atomic E-state index is 0. The number of hydrogen-bond acceptors (Lipinski definition) is 8. The first-order chi connectivity index (χ1) is 19.9. The number of aryl methyl sites for hydroxylation is 4. The summed E-state index contributed by atoms with van der Waals surface area (Å²) in [5, 5.41) is 39.1. The van der Waals surface area contributed by atoms with Gasteiger partial charge in [-0.15, -0.1) is 0 Å². The van der Waals surface area contributed by atoms with Gasteiger partial charge in [-0.2, -0.15) is 0 Å². The molecule has 1 radical (unpaired) electrons. The van der Waals surface area contributed by atoms with Crippen molar-refractivity contribution in [2.24, 2.45) is 9.98 Å². The molecule has 0 aliphatic heterocycles. The molecule has 1 aliphatic rings. The van der Waals surface area contributed by atoms with Gasteiger partial charge >= 0.3 is 16.8 Å². The summed E-state index contributed by atoms with van der Waals surface area (Å²) in [6.45, 7) is 10.5. The van der Waals surface area contributed by atoms with Gasteiger partial charge in [-0.3, -0.25) is 9.98 Å². The van der Waals surface area contributed by atoms with Crippen LogP contribution in [0.1, 0.15) is 113 Å². The van der Waals surface area contributed by atoms with E-state index in [4.69, 9.17) is 29.8 Å². The Kier molecular flexibility index (Phi) is 19.9. The number of benzene rings is 2. The molecule has 43 heavy (non-hydrogen) atoms. The van der Waals surface area contributed by atoms with E-state index in [-0.39, 0.29) is 28.9 Å². The molecular weight excluding hydrogens is 591 g/mol. The molecule has 2 unspecified atom stereocenters. The van der Waals surface area contributed by atoms with Gasteiger partial charge in [0.15, 0.2) is 0 Å². The van der Waals surface area contributed by atoms with E-state index >= 15 is 0 Å². The number of aromatic hydroxyl groups is 2. The largest absolute Gasteiger partial charge is 2.00 e. The second kappa shape index (κ2) is 21.5. The molecule has 1 saturated carbocycles. The molecule has 0 spiro atoms. The molecular formula is C34H48CoN2O6. The average Bonchev–Trinajstić information content (AvgIpc) is 2.93. The first-order valence-corrected chi connectivity index (χ1v) is 15.1. The van der Waals surface area contributed by atoms with Crippen LogP contribution in [0.4, 0.5) is 0 Å². The Hall–Kier alpha value is -3.17. The van der Waals surface area contributed by atoms with Gasteiger partial charge in [-0.05, 0) is 99.6 Å². The number of rotatable bonds is 10. The van der Waals surface area contributed by atoms with Crippen molar-refractivity contribution in [3.05, 3.63) is 57.6 Å². The molecule has 0 heterocycles. The molecule has 8 nitrogen and oxygen atoms in total. The van der Waals surface area contributed by atoms with Crippen molar-refractivity contribution < 1.29 is 46.8 Å². The summed E-state index contributed by atoms with van der Waals surface area (Å²) in [5.74, 6) is -1.43. The first-order valence-electron chi connectivity index (χ1n) is 15.1. The van der Waals surface area contributed by atoms with Gasteiger partial charge in [0, 0.05) is 35.5 Å². The van der Waals surface area contributed by atoms with Crippen molar-refractivity contribution >= 4 is 24.4 Å². The summed E-state index contributed by atoms with van der Waals surface area (Å²) in [5.41, 5.74) is 6.18. The number of carbonyl (C=O) groups excluding carboxylic acids is 2. The molecule has 1 aliphatic carbocycles. The standard InChI is InChI=1S/C30H42N2O2.2C2H4O2.Co/c1-5-10-21-14-23(7-3)29(33)25(16-21)19-31-27-12-9-13-28(18-27)32-20-26-17-22(11-6-2)15-24(8-4)30(26)34;2*1-2(3)4;/h14-17,19-20,27-28,33-34H,5-13,18H2,1-4H3;2*1H3,(H,3,4);/q;;;+2/p-2. The van der Waals surface area contributed by atoms with Crippen LogP contribution in [0.15, 0.2) is 34.3 Å². The third-order valence-corrected chi connectivity index (χ3v) is 6.86. The van der Waals surface area contributed by atoms with Gasteiger partial charge in [0.25, 0.3) is 0 Å². The summed E-state index contributed by atoms with van der Waals surface area (Å²) in [6, 6.07) is 8.82. The number of carboxylic acid groups (broad SMARTS) is 2. The molecule has 9 heteroatoms. The van der Waals surface area contributed by atoms with E-state index in [1.165, 1.54) is 11.1 Å². The Morgan fingerprint density at radius 2 is 1.12 bits per heavy atom. The summed E-state index contributed by atoms with van der Waals surface area (Å²) >= 11 is 0. The van der Waals surface area contributed by atoms with Crippen LogP contribution < -0.4 is 10.2 Å². The molecule has 1 fully saturated rings. The maximum atomic E-state index is 10.7. The number of phenols is 2. The Labute approximate surface area is 267 Å². The Balaban J connectivity index is 0.00000174. The van der Waals surface area contributed by atoms with Gasteiger partial charge in [0.1, 0.15) is 11.5 Å². The predicted molar refractivity (Wildman–Crippen MR) is 166 cm³/mol. The van der Waals surface area contributed by atoms with Crippen LogP contribution in [-0.4, -0.2) is 46.7 Å². The van der Waals surface area contributed by atoms with Crippen LogP contribution in [0.3, 0.4) is 0 Å². The summed E-state index contributed by atoms with van der Waals surface area (Å²) < 4.78 is 0. The van der Waals surface area contributed by atoms with Gasteiger partial charge in [-0.1, -0.05) is 52.7 Å². The van der Waals surface area contributed by atoms with Gasteiger partial charge in [-0.25, -0.2) is 0 Å². The van der Waals surface area contributed by atoms with Crippen LogP contribution in [0, 0.1) is 0 Å². The predicted octanol–water partition coefficient (Wildman–Crippen LogP) is 4.49. The summed E-state index contributed by atoms with van der Waals surface area (Å²) in [7, 11) is 0. The van der Waals surface area contributed by atoms with E-state index in [0.717, 1.165) is 100 Å². The average molecular weight is 640 g/mol. The number of aliphatic carboxylic acids is 2. The van der Waals surface area contributed by atoms with E-state index in [1.54, 1.807) is 0 Å². The summed E-state index contributed by atoms with van der Waals surface area (Å²) in [4.78, 5) is 27.5. The number of carboxylic acids is 2. The molecule has 0 bridgehead atoms. The van der Waals surface area contributed by atoms with E-state index in [2.05, 4.69) is 52.0 Å². The molecule has 0 saturated heterocycles. The molecule has 2 atom stereocenters. The number of hydrogen-bond donors (Lipinski definition) is 2. The SMILES string of the molecule is CC(=O)[O-].CC(=O)[O-].CCCc1cc(C=NC2CCCC(N=Cc3cc(CCC)cc(CC)c3O)C2)c(O)c(CC)c1.[Co+2]. The molecule has 2 aromatic carbocycles. The zero-order chi connectivity index (χ0) is 31.7. The number of aliphatic imine (C=N–C) groups is 2. The van der Waals surface area contributed by atoms with Crippen molar-refractivity contribution in [1.29, 1.82) is 0 Å². The van der Waals surface area contributed by atoms with E-state index in [9.17, 15) is 10.2 Å². The Bertz CT molecular complexity index is 1110. The Morgan fingerprint density at radius 1 is 0.767 bits per heavy atom. The second-order valence-corrected chi connectivity index (χ2v) is 10.6. The zero-order valence-corrected chi connectivity index (χ0v) is 27.5. The van der Waals surface area contributed by atoms with E-state index < -0.39 is 11.9 Å². The van der Waals surface area contributed by atoms with Crippen LogP contribution in [0.5, 0.6) is 11.5 Å². The van der Waals surface area contributed by atoms with E-state index in [1.807, 2.05) is 12.4 Å². The van der Waals surface area contributed by atoms with E-state index in [0.29, 0.717) is 11.5 Å². The van der Waals surface area contributed by atoms with Gasteiger partial charge < -0.3 is 30.0 Å². The van der Waals surface area contributed by atoms with Gasteiger partial charge in [0.2, 0.25) is 0 Å². The maximum Gasteiger partial charge on any atom is 2.00 e. The van der Waals surface area contributed by atoms with Crippen LogP contribution in [0.2, 0.25) is 0 Å². The second-order valence-electron chi connectivity index (χ2n) is 10.6. The monoisotopic (exact) mass is 639 g/mol. The molecule has 2 aromatic rings. The maximum absolute atomic E-state index is 10.7. The first kappa shape index (κ1) is 39.8. The Morgan fingerprint density at radius 3 is 1.42 bits per heavy atom. The third-order valence-electron chi connectivity index (χ3n) is 6.86. The quantitative estimate of drug-likeness (QED) is 0.367. The molecule has 239 valence electrons. The number of phenolic OH excluding ortho intramolecular Hbond substituents is 2. The van der Waals surface area contributed by atoms with Crippen molar-refractivity contribution in [3.8, 4) is 11.5 Å². The fraction of sp³-hybridized carbons (Fsp3) is 0.529. The van der Waals surface area contributed by atoms with Crippen molar-refractivity contribution in [2.45, 2.75) is 118 Å². The van der Waals surface area contributed by atoms with Gasteiger partial charge in [0.05, 0.1) is 12.1 Å². The smallest absolute Gasteiger partial charge is 0.550 e. The van der Waals surface area contributed by atoms with Crippen LogP contribution in [0.25, 0.3) is 0 Å². The zero-order valence-electron chi connectivity index (χ0n) is 26.4. The fourth-order valence-electron chi connectivity index (χ4n) is 4.96. The topological polar surface area (TPSA) is 145 Å². The number of carbonyl (C=O) groups is 2. The summed E-state index contributed by atoms with van der Waals surface area (Å²) in [6.07, 6.45) is 13.7.